The largest absolute Gasteiger partial charge is 0.483 e. The monoisotopic (exact) mass is 249 g/mol. The van der Waals surface area contributed by atoms with Gasteiger partial charge in [-0.1, -0.05) is 19.9 Å². The summed E-state index contributed by atoms with van der Waals surface area (Å²) in [7, 11) is 0. The van der Waals surface area contributed by atoms with E-state index >= 15 is 0 Å². The van der Waals surface area contributed by atoms with Gasteiger partial charge in [0.25, 0.3) is 5.91 Å². The highest BCUT2D eigenvalue weighted by Crippen LogP contribution is 2.23. The second-order valence-electron chi connectivity index (χ2n) is 5.19. The van der Waals surface area contributed by atoms with Crippen molar-refractivity contribution < 1.29 is 9.53 Å². The molecular formula is C15H23NO2. The van der Waals surface area contributed by atoms with E-state index in [0.29, 0.717) is 12.5 Å². The van der Waals surface area contributed by atoms with Crippen molar-refractivity contribution in [1.29, 1.82) is 0 Å². The molecule has 0 aliphatic carbocycles. The van der Waals surface area contributed by atoms with Crippen LogP contribution in [-0.2, 0) is 4.79 Å². The first-order valence-corrected chi connectivity index (χ1v) is 6.37. The summed E-state index contributed by atoms with van der Waals surface area (Å²) in [6, 6.07) is 4.08. The molecule has 1 N–H and O–H groups in total. The molecule has 0 fully saturated rings. The summed E-state index contributed by atoms with van der Waals surface area (Å²) in [6.07, 6.45) is 0. The minimum Gasteiger partial charge on any atom is -0.483 e. The number of ether oxygens (including phenoxy) is 1. The summed E-state index contributed by atoms with van der Waals surface area (Å²) in [5.41, 5.74) is 3.43. The fraction of sp³-hybridized carbons (Fsp3) is 0.533. The summed E-state index contributed by atoms with van der Waals surface area (Å²) in [5.74, 6) is 1.19. The van der Waals surface area contributed by atoms with Crippen LogP contribution in [0.15, 0.2) is 12.1 Å². The molecule has 0 aliphatic rings. The summed E-state index contributed by atoms with van der Waals surface area (Å²) >= 11 is 0. The normalized spacial score (nSPS) is 10.6. The number of benzene rings is 1. The van der Waals surface area contributed by atoms with Crippen molar-refractivity contribution >= 4 is 5.91 Å². The Kier molecular flexibility index (Phi) is 5.20. The molecular weight excluding hydrogens is 226 g/mol. The Hall–Kier alpha value is -1.51. The molecule has 3 heteroatoms. The van der Waals surface area contributed by atoms with Crippen LogP contribution in [0, 0.1) is 26.7 Å². The maximum absolute atomic E-state index is 11.6. The third kappa shape index (κ3) is 4.40. The molecule has 3 nitrogen and oxygen atoms in total. The smallest absolute Gasteiger partial charge is 0.257 e. The molecule has 1 amide bonds. The van der Waals surface area contributed by atoms with Gasteiger partial charge in [0.2, 0.25) is 0 Å². The molecule has 1 rings (SSSR count). The molecule has 100 valence electrons. The van der Waals surface area contributed by atoms with Crippen LogP contribution in [0.25, 0.3) is 0 Å². The lowest BCUT2D eigenvalue weighted by atomic mass is 10.1. The molecule has 0 unspecified atom stereocenters. The zero-order chi connectivity index (χ0) is 13.7. The minimum absolute atomic E-state index is 0.0674. The second-order valence-corrected chi connectivity index (χ2v) is 5.19. The van der Waals surface area contributed by atoms with Gasteiger partial charge in [0.1, 0.15) is 5.75 Å². The third-order valence-electron chi connectivity index (χ3n) is 2.83. The van der Waals surface area contributed by atoms with Crippen LogP contribution in [0.5, 0.6) is 5.75 Å². The number of carbonyl (C=O) groups is 1. The Morgan fingerprint density at radius 3 is 2.56 bits per heavy atom. The minimum atomic E-state index is -0.0674. The van der Waals surface area contributed by atoms with E-state index in [1.165, 1.54) is 5.56 Å². The Balaban J connectivity index is 2.56. The van der Waals surface area contributed by atoms with Crippen molar-refractivity contribution in [3.05, 3.63) is 28.8 Å². The van der Waals surface area contributed by atoms with Crippen LogP contribution < -0.4 is 10.1 Å². The zero-order valence-electron chi connectivity index (χ0n) is 12.0. The molecule has 1 aromatic rings. The Morgan fingerprint density at radius 2 is 1.94 bits per heavy atom. The van der Waals surface area contributed by atoms with Crippen molar-refractivity contribution in [2.75, 3.05) is 13.2 Å². The molecule has 18 heavy (non-hydrogen) atoms. The van der Waals surface area contributed by atoms with E-state index in [2.05, 4.69) is 25.2 Å². The van der Waals surface area contributed by atoms with Gasteiger partial charge >= 0.3 is 0 Å². The van der Waals surface area contributed by atoms with Gasteiger partial charge in [-0.15, -0.1) is 0 Å². The van der Waals surface area contributed by atoms with Crippen LogP contribution in [0.4, 0.5) is 0 Å². The van der Waals surface area contributed by atoms with E-state index in [9.17, 15) is 4.79 Å². The summed E-state index contributed by atoms with van der Waals surface area (Å²) in [5, 5.41) is 2.84. The lowest BCUT2D eigenvalue weighted by Crippen LogP contribution is -2.31. The third-order valence-corrected chi connectivity index (χ3v) is 2.83. The number of hydrogen-bond donors (Lipinski definition) is 1. The van der Waals surface area contributed by atoms with Crippen LogP contribution in [0.1, 0.15) is 30.5 Å². The highest BCUT2D eigenvalue weighted by atomic mass is 16.5. The number of hydrogen-bond acceptors (Lipinski definition) is 2. The van der Waals surface area contributed by atoms with Crippen LogP contribution >= 0.6 is 0 Å². The summed E-state index contributed by atoms with van der Waals surface area (Å²) in [6.45, 7) is 11.0. The number of amides is 1. The number of nitrogens with one attached hydrogen (secondary N) is 1. The topological polar surface area (TPSA) is 38.3 Å². The molecule has 0 aromatic heterocycles. The highest BCUT2D eigenvalue weighted by molar-refractivity contribution is 5.77. The molecule has 0 aliphatic heterocycles. The molecule has 1 aromatic carbocycles. The Morgan fingerprint density at radius 1 is 1.28 bits per heavy atom. The number of rotatable bonds is 5. The second kappa shape index (κ2) is 6.43. The van der Waals surface area contributed by atoms with E-state index in [0.717, 1.165) is 16.9 Å². The van der Waals surface area contributed by atoms with Crippen LogP contribution in [0.2, 0.25) is 0 Å². The van der Waals surface area contributed by atoms with Gasteiger partial charge in [-0.3, -0.25) is 4.79 Å². The van der Waals surface area contributed by atoms with Crippen molar-refractivity contribution in [1.82, 2.24) is 5.32 Å². The van der Waals surface area contributed by atoms with Crippen LogP contribution in [0.3, 0.4) is 0 Å². The average Bonchev–Trinajstić information content (AvgIpc) is 2.29. The zero-order valence-corrected chi connectivity index (χ0v) is 12.0. The molecule has 0 heterocycles. The lowest BCUT2D eigenvalue weighted by molar-refractivity contribution is -0.123. The maximum Gasteiger partial charge on any atom is 0.257 e. The molecule has 0 spiro atoms. The fourth-order valence-electron chi connectivity index (χ4n) is 1.66. The van der Waals surface area contributed by atoms with E-state index in [1.54, 1.807) is 0 Å². The van der Waals surface area contributed by atoms with E-state index in [1.807, 2.05) is 26.8 Å². The fourth-order valence-corrected chi connectivity index (χ4v) is 1.66. The molecule has 0 saturated carbocycles. The number of aryl methyl sites for hydroxylation is 2. The van der Waals surface area contributed by atoms with E-state index < -0.39 is 0 Å². The first kappa shape index (κ1) is 14.6. The first-order chi connectivity index (χ1) is 8.40. The van der Waals surface area contributed by atoms with E-state index in [-0.39, 0.29) is 12.5 Å². The highest BCUT2D eigenvalue weighted by Gasteiger charge is 2.07. The van der Waals surface area contributed by atoms with Gasteiger partial charge in [0.05, 0.1) is 0 Å². The van der Waals surface area contributed by atoms with Gasteiger partial charge < -0.3 is 10.1 Å². The summed E-state index contributed by atoms with van der Waals surface area (Å²) < 4.78 is 5.58. The SMILES string of the molecule is Cc1cc(C)c(C)c(OCC(=O)NCC(C)C)c1. The first-order valence-electron chi connectivity index (χ1n) is 6.37. The quantitative estimate of drug-likeness (QED) is 0.871. The number of carbonyl (C=O) groups excluding carboxylic acids is 1. The van der Waals surface area contributed by atoms with E-state index in [4.69, 9.17) is 4.74 Å². The van der Waals surface area contributed by atoms with Gasteiger partial charge in [0, 0.05) is 6.54 Å². The predicted octanol–water partition coefficient (Wildman–Crippen LogP) is 2.76. The van der Waals surface area contributed by atoms with Crippen molar-refractivity contribution in [2.45, 2.75) is 34.6 Å². The molecule has 0 bridgehead atoms. The van der Waals surface area contributed by atoms with Gasteiger partial charge in [-0.25, -0.2) is 0 Å². The van der Waals surface area contributed by atoms with Gasteiger partial charge in [0.15, 0.2) is 6.61 Å². The van der Waals surface area contributed by atoms with Gasteiger partial charge in [-0.05, 0) is 49.4 Å². The molecule has 0 saturated heterocycles. The molecule has 0 radical (unpaired) electrons. The Labute approximate surface area is 110 Å². The average molecular weight is 249 g/mol. The standard InChI is InChI=1S/C15H23NO2/c1-10(2)8-16-15(17)9-18-14-7-11(3)6-12(4)13(14)5/h6-7,10H,8-9H2,1-5H3,(H,16,17). The van der Waals surface area contributed by atoms with Crippen molar-refractivity contribution in [2.24, 2.45) is 5.92 Å². The van der Waals surface area contributed by atoms with Crippen molar-refractivity contribution in [3.63, 3.8) is 0 Å². The maximum atomic E-state index is 11.6. The lowest BCUT2D eigenvalue weighted by Gasteiger charge is -2.13. The van der Waals surface area contributed by atoms with Gasteiger partial charge in [-0.2, -0.15) is 0 Å². The predicted molar refractivity (Wildman–Crippen MR) is 74.0 cm³/mol. The Bertz CT molecular complexity index is 425. The molecule has 0 atom stereocenters. The van der Waals surface area contributed by atoms with Crippen molar-refractivity contribution in [3.8, 4) is 5.75 Å². The van der Waals surface area contributed by atoms with Crippen LogP contribution in [-0.4, -0.2) is 19.1 Å². The summed E-state index contributed by atoms with van der Waals surface area (Å²) in [4.78, 5) is 11.6.